The van der Waals surface area contributed by atoms with Gasteiger partial charge in [-0.2, -0.15) is 0 Å². The third-order valence-corrected chi connectivity index (χ3v) is 2.34. The molecule has 1 rings (SSSR count). The second-order valence-electron chi connectivity index (χ2n) is 3.30. The van der Waals surface area contributed by atoms with Gasteiger partial charge in [0.1, 0.15) is 0 Å². The van der Waals surface area contributed by atoms with Crippen LogP contribution < -0.4 is 5.32 Å². The largest absolute Gasteiger partial charge is 0.396 e. The Morgan fingerprint density at radius 3 is 2.82 bits per heavy atom. The van der Waals surface area contributed by atoms with E-state index in [0.717, 1.165) is 32.4 Å². The quantitative estimate of drug-likeness (QED) is 0.526. The molecule has 1 aliphatic heterocycles. The molecule has 1 saturated heterocycles. The van der Waals surface area contributed by atoms with E-state index in [2.05, 4.69) is 5.32 Å². The predicted octanol–water partition coefficient (Wildman–Crippen LogP) is -0.127. The first-order valence-corrected chi connectivity index (χ1v) is 4.31. The van der Waals surface area contributed by atoms with Gasteiger partial charge in [0.2, 0.25) is 0 Å². The summed E-state index contributed by atoms with van der Waals surface area (Å²) >= 11 is 0. The Balaban J connectivity index is 2.38. The maximum atomic E-state index is 9.85. The van der Waals surface area contributed by atoms with Crippen LogP contribution in [0.25, 0.3) is 0 Å². The number of hydrogen-bond acceptors (Lipinski definition) is 3. The highest BCUT2D eigenvalue weighted by Crippen LogP contribution is 2.22. The molecule has 0 aliphatic carbocycles. The lowest BCUT2D eigenvalue weighted by Gasteiger charge is -2.24. The van der Waals surface area contributed by atoms with Gasteiger partial charge in [0, 0.05) is 6.61 Å². The Hall–Kier alpha value is -0.120. The average Bonchev–Trinajstić information content (AvgIpc) is 2.15. The molecule has 0 aromatic carbocycles. The van der Waals surface area contributed by atoms with E-state index in [9.17, 15) is 5.11 Å². The molecule has 1 aliphatic rings. The normalized spacial score (nSPS) is 33.3. The second kappa shape index (κ2) is 4.04. The van der Waals surface area contributed by atoms with Crippen LogP contribution in [-0.4, -0.2) is 35.5 Å². The Morgan fingerprint density at radius 1 is 1.27 bits per heavy atom. The van der Waals surface area contributed by atoms with Crippen molar-refractivity contribution < 1.29 is 10.2 Å². The van der Waals surface area contributed by atoms with Crippen molar-refractivity contribution >= 4 is 0 Å². The van der Waals surface area contributed by atoms with Crippen molar-refractivity contribution in [2.24, 2.45) is 0 Å². The summed E-state index contributed by atoms with van der Waals surface area (Å²) in [6, 6.07) is 0. The van der Waals surface area contributed by atoms with Crippen LogP contribution >= 0.6 is 0 Å². The molecular formula is C8H17NO2. The van der Waals surface area contributed by atoms with Crippen molar-refractivity contribution in [2.75, 3.05) is 19.7 Å². The first kappa shape index (κ1) is 8.97. The summed E-state index contributed by atoms with van der Waals surface area (Å²) in [6.45, 7) is 1.96. The molecule has 0 spiro atoms. The minimum atomic E-state index is -0.599. The molecule has 0 radical (unpaired) electrons. The van der Waals surface area contributed by atoms with Gasteiger partial charge in [-0.3, -0.25) is 0 Å². The average molecular weight is 159 g/mol. The minimum absolute atomic E-state index is 0.0938. The summed E-state index contributed by atoms with van der Waals surface area (Å²) in [6.07, 6.45) is 3.12. The van der Waals surface area contributed by atoms with Crippen LogP contribution in [0.15, 0.2) is 0 Å². The molecule has 0 aromatic heterocycles. The Kier molecular flexibility index (Phi) is 3.30. The summed E-state index contributed by atoms with van der Waals surface area (Å²) in [7, 11) is 0. The zero-order chi connectivity index (χ0) is 8.16. The lowest BCUT2D eigenvalue weighted by atomic mass is 9.92. The van der Waals surface area contributed by atoms with E-state index in [1.54, 1.807) is 0 Å². The van der Waals surface area contributed by atoms with Crippen molar-refractivity contribution in [2.45, 2.75) is 31.3 Å². The first-order valence-electron chi connectivity index (χ1n) is 4.31. The third kappa shape index (κ3) is 2.77. The number of nitrogens with one attached hydrogen (secondary N) is 1. The van der Waals surface area contributed by atoms with E-state index in [4.69, 9.17) is 5.11 Å². The molecule has 66 valence electrons. The summed E-state index contributed by atoms with van der Waals surface area (Å²) < 4.78 is 0. The van der Waals surface area contributed by atoms with Crippen LogP contribution in [-0.2, 0) is 0 Å². The van der Waals surface area contributed by atoms with Crippen LogP contribution in [0.1, 0.15) is 25.7 Å². The molecule has 3 N–H and O–H groups in total. The molecule has 1 fully saturated rings. The number of aliphatic hydroxyl groups is 2. The highest BCUT2D eigenvalue weighted by Gasteiger charge is 2.26. The smallest absolute Gasteiger partial charge is 0.0682 e. The molecule has 0 bridgehead atoms. The Bertz CT molecular complexity index is 109. The summed E-state index contributed by atoms with van der Waals surface area (Å²) in [4.78, 5) is 0. The number of rotatable bonds is 2. The molecule has 3 nitrogen and oxygen atoms in total. The molecule has 1 unspecified atom stereocenters. The molecule has 1 atom stereocenters. The maximum absolute atomic E-state index is 9.85. The van der Waals surface area contributed by atoms with Gasteiger partial charge in [-0.1, -0.05) is 0 Å². The minimum Gasteiger partial charge on any atom is -0.396 e. The molecule has 0 amide bonds. The summed E-state index contributed by atoms with van der Waals surface area (Å²) in [5.74, 6) is 0. The van der Waals surface area contributed by atoms with Gasteiger partial charge in [0.15, 0.2) is 0 Å². The van der Waals surface area contributed by atoms with Crippen LogP contribution in [0.4, 0.5) is 0 Å². The van der Waals surface area contributed by atoms with Gasteiger partial charge in [0.25, 0.3) is 0 Å². The van der Waals surface area contributed by atoms with Crippen molar-refractivity contribution in [1.29, 1.82) is 0 Å². The van der Waals surface area contributed by atoms with E-state index in [0.29, 0.717) is 6.42 Å². The predicted molar refractivity (Wildman–Crippen MR) is 43.4 cm³/mol. The monoisotopic (exact) mass is 159 g/mol. The number of hydrogen-bond donors (Lipinski definition) is 3. The van der Waals surface area contributed by atoms with Crippen molar-refractivity contribution in [3.63, 3.8) is 0 Å². The van der Waals surface area contributed by atoms with Crippen LogP contribution in [0.5, 0.6) is 0 Å². The zero-order valence-electron chi connectivity index (χ0n) is 6.84. The fraction of sp³-hybridized carbons (Fsp3) is 1.00. The van der Waals surface area contributed by atoms with Gasteiger partial charge in [-0.15, -0.1) is 0 Å². The Labute approximate surface area is 67.4 Å². The summed E-state index contributed by atoms with van der Waals surface area (Å²) in [5, 5.41) is 21.8. The molecular weight excluding hydrogens is 142 g/mol. The van der Waals surface area contributed by atoms with Crippen molar-refractivity contribution in [3.05, 3.63) is 0 Å². The fourth-order valence-corrected chi connectivity index (χ4v) is 1.57. The topological polar surface area (TPSA) is 52.5 Å². The van der Waals surface area contributed by atoms with E-state index in [1.807, 2.05) is 0 Å². The molecule has 0 aromatic rings. The zero-order valence-corrected chi connectivity index (χ0v) is 6.84. The Morgan fingerprint density at radius 2 is 2.09 bits per heavy atom. The van der Waals surface area contributed by atoms with Crippen molar-refractivity contribution in [3.8, 4) is 0 Å². The highest BCUT2D eigenvalue weighted by molar-refractivity contribution is 4.81. The van der Waals surface area contributed by atoms with E-state index in [1.165, 1.54) is 0 Å². The first-order chi connectivity index (χ1) is 5.27. The van der Waals surface area contributed by atoms with Crippen molar-refractivity contribution in [1.82, 2.24) is 5.32 Å². The van der Waals surface area contributed by atoms with Crippen LogP contribution in [0.3, 0.4) is 0 Å². The SMILES string of the molecule is OCCC1(O)CCCNCC1. The standard InChI is InChI=1S/C8H17NO2/c10-7-4-8(11)2-1-5-9-6-3-8/h9-11H,1-7H2. The molecule has 3 heteroatoms. The van der Waals surface area contributed by atoms with Gasteiger partial charge in [0.05, 0.1) is 5.60 Å². The molecule has 0 saturated carbocycles. The van der Waals surface area contributed by atoms with Crippen LogP contribution in [0, 0.1) is 0 Å². The number of aliphatic hydroxyl groups excluding tert-OH is 1. The van der Waals surface area contributed by atoms with Gasteiger partial charge >= 0.3 is 0 Å². The van der Waals surface area contributed by atoms with Gasteiger partial charge in [-0.25, -0.2) is 0 Å². The lowest BCUT2D eigenvalue weighted by Crippen LogP contribution is -2.30. The van der Waals surface area contributed by atoms with E-state index in [-0.39, 0.29) is 6.61 Å². The molecule has 11 heavy (non-hydrogen) atoms. The summed E-state index contributed by atoms with van der Waals surface area (Å²) in [5.41, 5.74) is -0.599. The second-order valence-corrected chi connectivity index (χ2v) is 3.30. The lowest BCUT2D eigenvalue weighted by molar-refractivity contribution is 0.00507. The van der Waals surface area contributed by atoms with E-state index >= 15 is 0 Å². The van der Waals surface area contributed by atoms with Crippen LogP contribution in [0.2, 0.25) is 0 Å². The van der Waals surface area contributed by atoms with Gasteiger partial charge in [-0.05, 0) is 38.8 Å². The fourth-order valence-electron chi connectivity index (χ4n) is 1.57. The van der Waals surface area contributed by atoms with Gasteiger partial charge < -0.3 is 15.5 Å². The van der Waals surface area contributed by atoms with E-state index < -0.39 is 5.60 Å². The third-order valence-electron chi connectivity index (χ3n) is 2.34. The highest BCUT2D eigenvalue weighted by atomic mass is 16.3. The molecule has 1 heterocycles. The maximum Gasteiger partial charge on any atom is 0.0682 e.